The lowest BCUT2D eigenvalue weighted by Crippen LogP contribution is -2.37. The molecule has 1 atom stereocenters. The Bertz CT molecular complexity index is 650. The van der Waals surface area contributed by atoms with E-state index in [1.807, 2.05) is 19.1 Å². The number of hydrogen-bond donors (Lipinski definition) is 2. The molecule has 1 saturated heterocycles. The molecule has 116 valence electrons. The van der Waals surface area contributed by atoms with Gasteiger partial charge in [0.1, 0.15) is 5.82 Å². The minimum atomic E-state index is -0.0488. The van der Waals surface area contributed by atoms with Crippen molar-refractivity contribution in [2.75, 3.05) is 13.2 Å². The van der Waals surface area contributed by atoms with Gasteiger partial charge in [0.2, 0.25) is 0 Å². The van der Waals surface area contributed by atoms with Gasteiger partial charge >= 0.3 is 0 Å². The lowest BCUT2D eigenvalue weighted by Gasteiger charge is -2.23. The van der Waals surface area contributed by atoms with Crippen molar-refractivity contribution in [3.8, 4) is 11.4 Å². The zero-order valence-electron chi connectivity index (χ0n) is 12.6. The number of nitrogens with zero attached hydrogens (tertiary/aromatic N) is 3. The summed E-state index contributed by atoms with van der Waals surface area (Å²) < 4.78 is 0. The Morgan fingerprint density at radius 1 is 1.41 bits per heavy atom. The van der Waals surface area contributed by atoms with Crippen molar-refractivity contribution in [1.82, 2.24) is 20.1 Å². The van der Waals surface area contributed by atoms with Gasteiger partial charge in [-0.25, -0.2) is 4.98 Å². The Morgan fingerprint density at radius 2 is 2.18 bits per heavy atom. The molecule has 6 nitrogen and oxygen atoms in total. The molecular formula is C16H20N4O2. The van der Waals surface area contributed by atoms with Crippen LogP contribution in [0.1, 0.15) is 35.9 Å². The Hall–Kier alpha value is -2.21. The van der Waals surface area contributed by atoms with Crippen LogP contribution in [0.5, 0.6) is 0 Å². The number of rotatable bonds is 4. The van der Waals surface area contributed by atoms with E-state index in [1.165, 1.54) is 0 Å². The zero-order valence-corrected chi connectivity index (χ0v) is 12.6. The highest BCUT2D eigenvalue weighted by Gasteiger charge is 2.28. The topological polar surface area (TPSA) is 82.1 Å². The highest BCUT2D eigenvalue weighted by Crippen LogP contribution is 2.21. The van der Waals surface area contributed by atoms with E-state index in [2.05, 4.69) is 15.2 Å². The van der Waals surface area contributed by atoms with Gasteiger partial charge in [-0.3, -0.25) is 9.89 Å². The van der Waals surface area contributed by atoms with E-state index in [-0.39, 0.29) is 18.6 Å². The zero-order chi connectivity index (χ0) is 15.5. The molecule has 1 fully saturated rings. The van der Waals surface area contributed by atoms with Crippen molar-refractivity contribution in [1.29, 1.82) is 0 Å². The molecule has 1 amide bonds. The number of carbonyl (C=O) groups excluding carboxylic acids is 1. The van der Waals surface area contributed by atoms with Crippen LogP contribution in [0.15, 0.2) is 24.3 Å². The highest BCUT2D eigenvalue weighted by atomic mass is 16.3. The van der Waals surface area contributed by atoms with Crippen molar-refractivity contribution in [2.45, 2.75) is 32.2 Å². The number of aliphatic hydroxyl groups excluding tert-OH is 1. The van der Waals surface area contributed by atoms with Crippen LogP contribution >= 0.6 is 0 Å². The SMILES string of the molecule is CCc1nc(-c2ccc(C(=O)N3CCCC3CO)cc2)n[nH]1. The van der Waals surface area contributed by atoms with Gasteiger partial charge < -0.3 is 10.0 Å². The average Bonchev–Trinajstić information content (AvgIpc) is 3.23. The predicted molar refractivity (Wildman–Crippen MR) is 82.3 cm³/mol. The van der Waals surface area contributed by atoms with Crippen molar-refractivity contribution in [3.63, 3.8) is 0 Å². The minimum Gasteiger partial charge on any atom is -0.394 e. The predicted octanol–water partition coefficient (Wildman–Crippen LogP) is 1.63. The first-order valence-electron chi connectivity index (χ1n) is 7.66. The van der Waals surface area contributed by atoms with Crippen molar-refractivity contribution in [2.24, 2.45) is 0 Å². The summed E-state index contributed by atoms with van der Waals surface area (Å²) in [5.41, 5.74) is 1.52. The van der Waals surface area contributed by atoms with Crippen LogP contribution in [0.2, 0.25) is 0 Å². The number of aromatic amines is 1. The third-order valence-electron chi connectivity index (χ3n) is 4.11. The van der Waals surface area contributed by atoms with Gasteiger partial charge in [-0.2, -0.15) is 5.10 Å². The fourth-order valence-corrected chi connectivity index (χ4v) is 2.80. The summed E-state index contributed by atoms with van der Waals surface area (Å²) in [6.45, 7) is 2.76. The summed E-state index contributed by atoms with van der Waals surface area (Å²) in [7, 11) is 0. The third kappa shape index (κ3) is 2.74. The van der Waals surface area contributed by atoms with Crippen LogP contribution in [-0.4, -0.2) is 50.3 Å². The molecular weight excluding hydrogens is 280 g/mol. The molecule has 1 aliphatic heterocycles. The summed E-state index contributed by atoms with van der Waals surface area (Å²) in [6.07, 6.45) is 2.63. The van der Waals surface area contributed by atoms with Gasteiger partial charge in [0.15, 0.2) is 5.82 Å². The van der Waals surface area contributed by atoms with E-state index in [4.69, 9.17) is 0 Å². The largest absolute Gasteiger partial charge is 0.394 e. The first-order chi connectivity index (χ1) is 10.7. The van der Waals surface area contributed by atoms with Crippen LogP contribution in [0.3, 0.4) is 0 Å². The number of nitrogens with one attached hydrogen (secondary N) is 1. The molecule has 6 heteroatoms. The van der Waals surface area contributed by atoms with Crippen molar-refractivity contribution >= 4 is 5.91 Å². The quantitative estimate of drug-likeness (QED) is 0.899. The summed E-state index contributed by atoms with van der Waals surface area (Å²) in [5.74, 6) is 1.47. The summed E-state index contributed by atoms with van der Waals surface area (Å²) >= 11 is 0. The first-order valence-corrected chi connectivity index (χ1v) is 7.66. The second kappa shape index (κ2) is 6.27. The van der Waals surface area contributed by atoms with E-state index >= 15 is 0 Å². The molecule has 22 heavy (non-hydrogen) atoms. The number of aliphatic hydroxyl groups is 1. The van der Waals surface area contributed by atoms with Crippen LogP contribution in [0.25, 0.3) is 11.4 Å². The molecule has 3 rings (SSSR count). The molecule has 1 aromatic carbocycles. The summed E-state index contributed by atoms with van der Waals surface area (Å²) in [4.78, 5) is 18.6. The fraction of sp³-hybridized carbons (Fsp3) is 0.438. The van der Waals surface area contributed by atoms with E-state index in [0.717, 1.165) is 30.7 Å². The van der Waals surface area contributed by atoms with Crippen LogP contribution < -0.4 is 0 Å². The molecule has 2 aromatic rings. The molecule has 0 aliphatic carbocycles. The maximum Gasteiger partial charge on any atom is 0.254 e. The second-order valence-electron chi connectivity index (χ2n) is 5.51. The summed E-state index contributed by atoms with van der Waals surface area (Å²) in [6, 6.07) is 7.27. The average molecular weight is 300 g/mol. The highest BCUT2D eigenvalue weighted by molar-refractivity contribution is 5.95. The summed E-state index contributed by atoms with van der Waals surface area (Å²) in [5, 5.41) is 16.4. The van der Waals surface area contributed by atoms with E-state index in [0.29, 0.717) is 17.9 Å². The lowest BCUT2D eigenvalue weighted by atomic mass is 10.1. The third-order valence-corrected chi connectivity index (χ3v) is 4.11. The normalized spacial score (nSPS) is 17.9. The standard InChI is InChI=1S/C16H20N4O2/c1-2-14-17-15(19-18-14)11-5-7-12(8-6-11)16(22)20-9-3-4-13(20)10-21/h5-8,13,21H,2-4,9-10H2,1H3,(H,17,18,19). The molecule has 0 bridgehead atoms. The number of carbonyl (C=O) groups is 1. The van der Waals surface area contributed by atoms with Crippen molar-refractivity contribution < 1.29 is 9.90 Å². The fourth-order valence-electron chi connectivity index (χ4n) is 2.80. The molecule has 0 radical (unpaired) electrons. The number of hydrogen-bond acceptors (Lipinski definition) is 4. The molecule has 1 aromatic heterocycles. The van der Waals surface area contributed by atoms with Gasteiger partial charge in [0.25, 0.3) is 5.91 Å². The van der Waals surface area contributed by atoms with Gasteiger partial charge in [0, 0.05) is 24.1 Å². The molecule has 1 unspecified atom stereocenters. The maximum absolute atomic E-state index is 12.5. The maximum atomic E-state index is 12.5. The number of amides is 1. The van der Waals surface area contributed by atoms with Gasteiger partial charge in [0.05, 0.1) is 12.6 Å². The Kier molecular flexibility index (Phi) is 4.20. The Labute approximate surface area is 129 Å². The second-order valence-corrected chi connectivity index (χ2v) is 5.51. The smallest absolute Gasteiger partial charge is 0.254 e. The van der Waals surface area contributed by atoms with Crippen molar-refractivity contribution in [3.05, 3.63) is 35.7 Å². The number of H-pyrrole nitrogens is 1. The Balaban J connectivity index is 1.77. The van der Waals surface area contributed by atoms with Crippen LogP contribution in [0.4, 0.5) is 0 Å². The molecule has 2 heterocycles. The van der Waals surface area contributed by atoms with Crippen LogP contribution in [0, 0.1) is 0 Å². The lowest BCUT2D eigenvalue weighted by molar-refractivity contribution is 0.0677. The molecule has 2 N–H and O–H groups in total. The van der Waals surface area contributed by atoms with E-state index in [9.17, 15) is 9.90 Å². The van der Waals surface area contributed by atoms with Gasteiger partial charge in [-0.15, -0.1) is 0 Å². The van der Waals surface area contributed by atoms with Gasteiger partial charge in [-0.05, 0) is 25.0 Å². The molecule has 1 aliphatic rings. The monoisotopic (exact) mass is 300 g/mol. The number of aryl methyl sites for hydroxylation is 1. The van der Waals surface area contributed by atoms with Crippen LogP contribution in [-0.2, 0) is 6.42 Å². The van der Waals surface area contributed by atoms with E-state index in [1.54, 1.807) is 17.0 Å². The molecule has 0 spiro atoms. The first kappa shape index (κ1) is 14.7. The number of benzene rings is 1. The minimum absolute atomic E-state index is 0.0210. The van der Waals surface area contributed by atoms with E-state index < -0.39 is 0 Å². The number of aromatic nitrogens is 3. The van der Waals surface area contributed by atoms with Gasteiger partial charge in [-0.1, -0.05) is 19.1 Å². The Morgan fingerprint density at radius 3 is 2.82 bits per heavy atom. The molecule has 0 saturated carbocycles. The number of likely N-dealkylation sites (tertiary alicyclic amines) is 1.